The van der Waals surface area contributed by atoms with Crippen LogP contribution in [0, 0.1) is 6.92 Å². The molecule has 72 valence electrons. The predicted molar refractivity (Wildman–Crippen MR) is 56.0 cm³/mol. The molecule has 3 heteroatoms. The Bertz CT molecular complexity index is 323. The van der Waals surface area contributed by atoms with E-state index in [1.807, 2.05) is 13.1 Å². The molecule has 0 aromatic carbocycles. The third-order valence-electron chi connectivity index (χ3n) is 3.27. The zero-order chi connectivity index (χ0) is 9.69. The van der Waals surface area contributed by atoms with Gasteiger partial charge in [-0.1, -0.05) is 13.8 Å². The molecule has 1 aliphatic rings. The lowest BCUT2D eigenvalue weighted by molar-refractivity contribution is 0.398. The van der Waals surface area contributed by atoms with Gasteiger partial charge in [0, 0.05) is 22.0 Å². The van der Waals surface area contributed by atoms with Crippen molar-refractivity contribution in [1.82, 2.24) is 4.98 Å². The van der Waals surface area contributed by atoms with E-state index < -0.39 is 0 Å². The van der Waals surface area contributed by atoms with E-state index in [4.69, 9.17) is 5.73 Å². The van der Waals surface area contributed by atoms with Gasteiger partial charge < -0.3 is 5.73 Å². The van der Waals surface area contributed by atoms with Crippen LogP contribution in [0.25, 0.3) is 0 Å². The van der Waals surface area contributed by atoms with E-state index in [0.717, 1.165) is 17.8 Å². The smallest absolute Gasteiger partial charge is 0.0896 e. The molecule has 0 bridgehead atoms. The third-order valence-corrected chi connectivity index (χ3v) is 4.51. The Morgan fingerprint density at radius 1 is 1.54 bits per heavy atom. The molecule has 2 rings (SSSR count). The number of nitrogens with zero attached hydrogens (tertiary/aromatic N) is 1. The second kappa shape index (κ2) is 2.55. The highest BCUT2D eigenvalue weighted by molar-refractivity contribution is 7.11. The molecular formula is C10H16N2S. The maximum atomic E-state index is 6.24. The minimum atomic E-state index is 0.0337. The standard InChI is InChI=1S/C10H16N2S/c1-7-12-6-8(13-7)9(2,3)10(11)4-5-10/h6H,4-5,11H2,1-3H3. The van der Waals surface area contributed by atoms with Crippen LogP contribution in [0.5, 0.6) is 0 Å². The van der Waals surface area contributed by atoms with Crippen molar-refractivity contribution in [2.24, 2.45) is 5.73 Å². The highest BCUT2D eigenvalue weighted by atomic mass is 32.1. The Hall–Kier alpha value is -0.410. The molecule has 0 aliphatic heterocycles. The van der Waals surface area contributed by atoms with Crippen LogP contribution >= 0.6 is 11.3 Å². The average Bonchev–Trinajstić information content (AvgIpc) is 2.63. The van der Waals surface area contributed by atoms with Crippen LogP contribution < -0.4 is 5.73 Å². The van der Waals surface area contributed by atoms with E-state index in [1.54, 1.807) is 11.3 Å². The van der Waals surface area contributed by atoms with Crippen LogP contribution in [0.1, 0.15) is 36.6 Å². The molecule has 13 heavy (non-hydrogen) atoms. The molecule has 0 atom stereocenters. The van der Waals surface area contributed by atoms with Crippen LogP contribution in [-0.2, 0) is 5.41 Å². The van der Waals surface area contributed by atoms with Gasteiger partial charge >= 0.3 is 0 Å². The second-order valence-corrected chi connectivity index (χ2v) is 5.76. The molecule has 1 aromatic rings. The highest BCUT2D eigenvalue weighted by Crippen LogP contribution is 2.50. The number of hydrogen-bond acceptors (Lipinski definition) is 3. The summed E-state index contributed by atoms with van der Waals surface area (Å²) in [4.78, 5) is 5.61. The van der Waals surface area contributed by atoms with E-state index in [1.165, 1.54) is 4.88 Å². The second-order valence-electron chi connectivity index (χ2n) is 4.52. The van der Waals surface area contributed by atoms with Gasteiger partial charge in [0.15, 0.2) is 0 Å². The van der Waals surface area contributed by atoms with Crippen molar-refractivity contribution in [2.75, 3.05) is 0 Å². The summed E-state index contributed by atoms with van der Waals surface area (Å²) in [5.74, 6) is 0. The normalized spacial score (nSPS) is 20.3. The summed E-state index contributed by atoms with van der Waals surface area (Å²) in [6.07, 6.45) is 4.28. The summed E-state index contributed by atoms with van der Waals surface area (Å²) in [6, 6.07) is 0. The lowest BCUT2D eigenvalue weighted by Crippen LogP contribution is -2.42. The number of nitrogens with two attached hydrogens (primary N) is 1. The molecule has 1 aliphatic carbocycles. The van der Waals surface area contributed by atoms with Crippen LogP contribution in [0.15, 0.2) is 6.20 Å². The van der Waals surface area contributed by atoms with E-state index in [9.17, 15) is 0 Å². The molecule has 2 N–H and O–H groups in total. The topological polar surface area (TPSA) is 38.9 Å². The van der Waals surface area contributed by atoms with E-state index in [-0.39, 0.29) is 11.0 Å². The van der Waals surface area contributed by atoms with Crippen LogP contribution in [0.4, 0.5) is 0 Å². The van der Waals surface area contributed by atoms with E-state index in [2.05, 4.69) is 18.8 Å². The molecule has 1 saturated carbocycles. The molecule has 2 nitrogen and oxygen atoms in total. The Balaban J connectivity index is 2.34. The molecule has 0 radical (unpaired) electrons. The maximum absolute atomic E-state index is 6.24. The van der Waals surface area contributed by atoms with Gasteiger partial charge in [-0.2, -0.15) is 0 Å². The van der Waals surface area contributed by atoms with Gasteiger partial charge in [-0.05, 0) is 19.8 Å². The van der Waals surface area contributed by atoms with Gasteiger partial charge in [0.25, 0.3) is 0 Å². The van der Waals surface area contributed by atoms with Gasteiger partial charge in [-0.3, -0.25) is 0 Å². The molecule has 1 fully saturated rings. The van der Waals surface area contributed by atoms with Crippen LogP contribution in [0.2, 0.25) is 0 Å². The minimum Gasteiger partial charge on any atom is -0.324 e. The number of hydrogen-bond donors (Lipinski definition) is 1. The summed E-state index contributed by atoms with van der Waals surface area (Å²) in [6.45, 7) is 6.50. The number of aryl methyl sites for hydroxylation is 1. The van der Waals surface area contributed by atoms with Crippen molar-refractivity contribution in [3.05, 3.63) is 16.1 Å². The monoisotopic (exact) mass is 196 g/mol. The summed E-state index contributed by atoms with van der Waals surface area (Å²) in [7, 11) is 0. The molecule has 1 heterocycles. The first-order valence-electron chi connectivity index (χ1n) is 4.67. The quantitative estimate of drug-likeness (QED) is 0.787. The SMILES string of the molecule is Cc1ncc(C(C)(C)C2(N)CC2)s1. The van der Waals surface area contributed by atoms with E-state index >= 15 is 0 Å². The fraction of sp³-hybridized carbons (Fsp3) is 0.700. The zero-order valence-corrected chi connectivity index (χ0v) is 9.24. The molecular weight excluding hydrogens is 180 g/mol. The largest absolute Gasteiger partial charge is 0.324 e. The minimum absolute atomic E-state index is 0.0337. The van der Waals surface area contributed by atoms with Crippen molar-refractivity contribution >= 4 is 11.3 Å². The van der Waals surface area contributed by atoms with Gasteiger partial charge in [0.05, 0.1) is 5.01 Å². The average molecular weight is 196 g/mol. The van der Waals surface area contributed by atoms with Crippen LogP contribution in [-0.4, -0.2) is 10.5 Å². The Kier molecular flexibility index (Phi) is 1.79. The van der Waals surface area contributed by atoms with Gasteiger partial charge in [0.1, 0.15) is 0 Å². The summed E-state index contributed by atoms with van der Waals surface area (Å²) >= 11 is 1.77. The summed E-state index contributed by atoms with van der Waals surface area (Å²) in [5.41, 5.74) is 6.37. The van der Waals surface area contributed by atoms with Gasteiger partial charge in [-0.25, -0.2) is 4.98 Å². The summed E-state index contributed by atoms with van der Waals surface area (Å²) < 4.78 is 0. The highest BCUT2D eigenvalue weighted by Gasteiger charge is 2.52. The molecule has 1 aromatic heterocycles. The number of aromatic nitrogens is 1. The molecule has 0 spiro atoms. The van der Waals surface area contributed by atoms with Crippen molar-refractivity contribution in [3.63, 3.8) is 0 Å². The first-order valence-corrected chi connectivity index (χ1v) is 5.49. The van der Waals surface area contributed by atoms with Crippen molar-refractivity contribution in [2.45, 2.75) is 44.6 Å². The first kappa shape index (κ1) is 9.16. The fourth-order valence-corrected chi connectivity index (χ4v) is 2.64. The lowest BCUT2D eigenvalue weighted by atomic mass is 9.81. The van der Waals surface area contributed by atoms with E-state index in [0.29, 0.717) is 0 Å². The van der Waals surface area contributed by atoms with Crippen LogP contribution in [0.3, 0.4) is 0 Å². The molecule has 0 amide bonds. The Morgan fingerprint density at radius 3 is 2.54 bits per heavy atom. The molecule has 0 unspecified atom stereocenters. The first-order chi connectivity index (χ1) is 5.96. The maximum Gasteiger partial charge on any atom is 0.0896 e. The zero-order valence-electron chi connectivity index (χ0n) is 8.42. The van der Waals surface area contributed by atoms with Crippen molar-refractivity contribution < 1.29 is 0 Å². The predicted octanol–water partition coefficient (Wildman–Crippen LogP) is 2.22. The van der Waals surface area contributed by atoms with Gasteiger partial charge in [-0.15, -0.1) is 11.3 Å². The Morgan fingerprint density at radius 2 is 2.15 bits per heavy atom. The van der Waals surface area contributed by atoms with Gasteiger partial charge in [0.2, 0.25) is 0 Å². The van der Waals surface area contributed by atoms with Crippen molar-refractivity contribution in [3.8, 4) is 0 Å². The third kappa shape index (κ3) is 1.30. The lowest BCUT2D eigenvalue weighted by Gasteiger charge is -2.30. The van der Waals surface area contributed by atoms with Crippen molar-refractivity contribution in [1.29, 1.82) is 0 Å². The summed E-state index contributed by atoms with van der Waals surface area (Å²) in [5, 5.41) is 1.13. The molecule has 0 saturated heterocycles. The number of thiazole rings is 1. The number of rotatable bonds is 2. The fourth-order valence-electron chi connectivity index (χ4n) is 1.66. The Labute approximate surface area is 83.2 Å².